The summed E-state index contributed by atoms with van der Waals surface area (Å²) in [6, 6.07) is 3.55. The zero-order chi connectivity index (χ0) is 8.97. The number of nitrogens with zero attached hydrogens (tertiary/aromatic N) is 1. The predicted octanol–water partition coefficient (Wildman–Crippen LogP) is 1.43. The summed E-state index contributed by atoms with van der Waals surface area (Å²) >= 11 is 0. The molecule has 0 spiro atoms. The van der Waals surface area contributed by atoms with Gasteiger partial charge < -0.3 is 4.74 Å². The number of ketones is 1. The molecule has 3 nitrogen and oxygen atoms in total. The Kier molecular flexibility index (Phi) is 2.94. The molecule has 0 aliphatic rings. The van der Waals surface area contributed by atoms with E-state index in [0.29, 0.717) is 12.3 Å². The normalized spacial score (nSPS) is 9.83. The number of methoxy groups -OCH3 is 1. The molecule has 0 bridgehead atoms. The predicted molar refractivity (Wildman–Crippen MR) is 45.0 cm³/mol. The summed E-state index contributed by atoms with van der Waals surface area (Å²) < 4.78 is 4.90. The smallest absolute Gasteiger partial charge is 0.178 e. The van der Waals surface area contributed by atoms with Gasteiger partial charge in [0.15, 0.2) is 5.78 Å². The van der Waals surface area contributed by atoms with E-state index in [0.717, 1.165) is 5.56 Å². The molecular formula is C9H11NO2. The molecule has 1 aromatic heterocycles. The number of hydrogen-bond acceptors (Lipinski definition) is 3. The van der Waals surface area contributed by atoms with E-state index in [1.807, 2.05) is 6.07 Å². The molecule has 64 valence electrons. The van der Waals surface area contributed by atoms with E-state index in [4.69, 9.17) is 4.74 Å². The fraction of sp³-hybridized carbons (Fsp3) is 0.333. The van der Waals surface area contributed by atoms with Crippen molar-refractivity contribution in [2.75, 3.05) is 7.11 Å². The molecule has 0 amide bonds. The molecule has 3 heteroatoms. The highest BCUT2D eigenvalue weighted by molar-refractivity contribution is 5.91. The van der Waals surface area contributed by atoms with Crippen LogP contribution in [-0.4, -0.2) is 17.9 Å². The average Bonchev–Trinajstić information content (AvgIpc) is 2.06. The Morgan fingerprint density at radius 3 is 2.75 bits per heavy atom. The van der Waals surface area contributed by atoms with Crippen molar-refractivity contribution in [1.29, 1.82) is 0 Å². The second-order valence-electron chi connectivity index (χ2n) is 2.54. The molecule has 1 aromatic rings. The van der Waals surface area contributed by atoms with Crippen molar-refractivity contribution in [2.45, 2.75) is 13.5 Å². The van der Waals surface area contributed by atoms with Crippen molar-refractivity contribution in [2.24, 2.45) is 0 Å². The monoisotopic (exact) mass is 165 g/mol. The number of Topliss-reactive ketones (excluding diaryl/α,β-unsaturated/α-hetero) is 1. The minimum absolute atomic E-state index is 0.0148. The Morgan fingerprint density at radius 2 is 2.33 bits per heavy atom. The molecule has 1 rings (SSSR count). The van der Waals surface area contributed by atoms with Crippen molar-refractivity contribution in [3.8, 4) is 0 Å². The lowest BCUT2D eigenvalue weighted by Gasteiger charge is -1.98. The van der Waals surface area contributed by atoms with Crippen molar-refractivity contribution in [3.05, 3.63) is 29.6 Å². The topological polar surface area (TPSA) is 39.2 Å². The Labute approximate surface area is 71.4 Å². The van der Waals surface area contributed by atoms with Gasteiger partial charge >= 0.3 is 0 Å². The van der Waals surface area contributed by atoms with Gasteiger partial charge in [-0.1, -0.05) is 6.07 Å². The summed E-state index contributed by atoms with van der Waals surface area (Å²) in [5.41, 5.74) is 1.47. The molecule has 1 heterocycles. The molecule has 0 saturated carbocycles. The number of hydrogen-bond donors (Lipinski definition) is 0. The number of aromatic nitrogens is 1. The van der Waals surface area contributed by atoms with Gasteiger partial charge in [0, 0.05) is 20.2 Å². The molecule has 0 aromatic carbocycles. The van der Waals surface area contributed by atoms with Crippen LogP contribution in [0.1, 0.15) is 23.0 Å². The average molecular weight is 165 g/mol. The second kappa shape index (κ2) is 3.97. The van der Waals surface area contributed by atoms with E-state index in [9.17, 15) is 4.79 Å². The van der Waals surface area contributed by atoms with E-state index >= 15 is 0 Å². The fourth-order valence-corrected chi connectivity index (χ4v) is 0.885. The molecule has 0 radical (unpaired) electrons. The van der Waals surface area contributed by atoms with Crippen molar-refractivity contribution in [1.82, 2.24) is 4.98 Å². The zero-order valence-electron chi connectivity index (χ0n) is 7.20. The molecule has 0 saturated heterocycles. The first kappa shape index (κ1) is 8.87. The van der Waals surface area contributed by atoms with Gasteiger partial charge in [-0.15, -0.1) is 0 Å². The zero-order valence-corrected chi connectivity index (χ0v) is 7.20. The summed E-state index contributed by atoms with van der Waals surface area (Å²) in [5.74, 6) is -0.0148. The van der Waals surface area contributed by atoms with Crippen LogP contribution < -0.4 is 0 Å². The molecule has 0 fully saturated rings. The number of carbonyl (C=O) groups excluding carboxylic acids is 1. The summed E-state index contributed by atoms with van der Waals surface area (Å²) in [6.07, 6.45) is 1.65. The first-order chi connectivity index (χ1) is 5.74. The van der Waals surface area contributed by atoms with Gasteiger partial charge in [0.2, 0.25) is 0 Å². The first-order valence-electron chi connectivity index (χ1n) is 3.69. The van der Waals surface area contributed by atoms with Gasteiger partial charge in [-0.25, -0.2) is 0 Å². The van der Waals surface area contributed by atoms with Crippen LogP contribution in [0.25, 0.3) is 0 Å². The van der Waals surface area contributed by atoms with Crippen molar-refractivity contribution < 1.29 is 9.53 Å². The van der Waals surface area contributed by atoms with E-state index in [1.165, 1.54) is 6.92 Å². The van der Waals surface area contributed by atoms with Crippen LogP contribution in [0.4, 0.5) is 0 Å². The summed E-state index contributed by atoms with van der Waals surface area (Å²) in [5, 5.41) is 0. The number of carbonyl (C=O) groups is 1. The largest absolute Gasteiger partial charge is 0.380 e. The van der Waals surface area contributed by atoms with Crippen LogP contribution in [0.2, 0.25) is 0 Å². The summed E-state index contributed by atoms with van der Waals surface area (Å²) in [4.78, 5) is 14.8. The third kappa shape index (κ3) is 2.13. The SMILES string of the molecule is COCc1ccc(C(C)=O)nc1. The Morgan fingerprint density at radius 1 is 1.58 bits per heavy atom. The minimum Gasteiger partial charge on any atom is -0.380 e. The summed E-state index contributed by atoms with van der Waals surface area (Å²) in [7, 11) is 1.62. The lowest BCUT2D eigenvalue weighted by molar-refractivity contribution is 0.101. The number of rotatable bonds is 3. The van der Waals surface area contributed by atoms with E-state index in [-0.39, 0.29) is 5.78 Å². The molecule has 0 N–H and O–H groups in total. The summed E-state index contributed by atoms with van der Waals surface area (Å²) in [6.45, 7) is 2.03. The molecular weight excluding hydrogens is 154 g/mol. The van der Waals surface area contributed by atoms with Crippen LogP contribution in [0.15, 0.2) is 18.3 Å². The molecule has 0 atom stereocenters. The number of ether oxygens (including phenoxy) is 1. The highest BCUT2D eigenvalue weighted by Crippen LogP contribution is 2.01. The highest BCUT2D eigenvalue weighted by atomic mass is 16.5. The lowest BCUT2D eigenvalue weighted by Crippen LogP contribution is -1.97. The van der Waals surface area contributed by atoms with Gasteiger partial charge in [-0.2, -0.15) is 0 Å². The van der Waals surface area contributed by atoms with Crippen LogP contribution >= 0.6 is 0 Å². The maximum absolute atomic E-state index is 10.8. The second-order valence-corrected chi connectivity index (χ2v) is 2.54. The Bertz CT molecular complexity index is 266. The fourth-order valence-electron chi connectivity index (χ4n) is 0.885. The van der Waals surface area contributed by atoms with Crippen LogP contribution in [0, 0.1) is 0 Å². The van der Waals surface area contributed by atoms with Gasteiger partial charge in [0.25, 0.3) is 0 Å². The third-order valence-corrected chi connectivity index (χ3v) is 1.50. The lowest BCUT2D eigenvalue weighted by atomic mass is 10.2. The van der Waals surface area contributed by atoms with E-state index in [2.05, 4.69) is 4.98 Å². The number of pyridine rings is 1. The highest BCUT2D eigenvalue weighted by Gasteiger charge is 1.99. The maximum Gasteiger partial charge on any atom is 0.178 e. The van der Waals surface area contributed by atoms with Gasteiger partial charge in [-0.3, -0.25) is 9.78 Å². The molecule has 0 aliphatic carbocycles. The molecule has 0 unspecified atom stereocenters. The Balaban J connectivity index is 2.78. The first-order valence-corrected chi connectivity index (χ1v) is 3.69. The van der Waals surface area contributed by atoms with Gasteiger partial charge in [0.05, 0.1) is 6.61 Å². The standard InChI is InChI=1S/C9H11NO2/c1-7(11)9-4-3-8(5-10-9)6-12-2/h3-5H,6H2,1-2H3. The van der Waals surface area contributed by atoms with Crippen LogP contribution in [0.5, 0.6) is 0 Å². The molecule has 0 aliphatic heterocycles. The van der Waals surface area contributed by atoms with Crippen LogP contribution in [-0.2, 0) is 11.3 Å². The maximum atomic E-state index is 10.8. The quantitative estimate of drug-likeness (QED) is 0.636. The van der Waals surface area contributed by atoms with Crippen molar-refractivity contribution >= 4 is 5.78 Å². The minimum atomic E-state index is -0.0148. The van der Waals surface area contributed by atoms with Gasteiger partial charge in [-0.05, 0) is 11.6 Å². The Hall–Kier alpha value is -1.22. The van der Waals surface area contributed by atoms with E-state index < -0.39 is 0 Å². The van der Waals surface area contributed by atoms with Gasteiger partial charge in [0.1, 0.15) is 5.69 Å². The third-order valence-electron chi connectivity index (χ3n) is 1.50. The van der Waals surface area contributed by atoms with Crippen LogP contribution in [0.3, 0.4) is 0 Å². The van der Waals surface area contributed by atoms with E-state index in [1.54, 1.807) is 19.4 Å². The molecule has 12 heavy (non-hydrogen) atoms. The van der Waals surface area contributed by atoms with Crippen molar-refractivity contribution in [3.63, 3.8) is 0 Å².